The number of aliphatic hydroxyl groups is 1. The maximum Gasteiger partial charge on any atom is 0.237 e. The third-order valence-electron chi connectivity index (χ3n) is 4.08. The van der Waals surface area contributed by atoms with E-state index < -0.39 is 0 Å². The normalized spacial score (nSPS) is 28.9. The van der Waals surface area contributed by atoms with E-state index in [1.165, 1.54) is 0 Å². The fourth-order valence-corrected chi connectivity index (χ4v) is 3.13. The molecule has 0 aliphatic carbocycles. The Hall–Kier alpha value is -0.690. The number of aliphatic hydroxyl groups excluding tert-OH is 1. The Morgan fingerprint density at radius 3 is 2.90 bits per heavy atom. The van der Waals surface area contributed by atoms with Crippen molar-refractivity contribution in [2.75, 3.05) is 59.9 Å². The van der Waals surface area contributed by atoms with Gasteiger partial charge in [-0.3, -0.25) is 9.69 Å². The largest absolute Gasteiger partial charge is 0.391 e. The topological polar surface area (TPSA) is 59.1 Å². The maximum absolute atomic E-state index is 12.5. The molecule has 2 unspecified atom stereocenters. The lowest BCUT2D eigenvalue weighted by Gasteiger charge is -2.29. The van der Waals surface area contributed by atoms with Crippen LogP contribution < -0.4 is 5.32 Å². The summed E-state index contributed by atoms with van der Waals surface area (Å²) in [7, 11) is 4.02. The van der Waals surface area contributed by atoms with Crippen LogP contribution in [0.2, 0.25) is 0 Å². The number of carbonyl (C=O) groups excluding carboxylic acids is 1. The summed E-state index contributed by atoms with van der Waals surface area (Å²) in [5, 5.41) is 13.2. The van der Waals surface area contributed by atoms with E-state index in [0.717, 1.165) is 39.1 Å². The van der Waals surface area contributed by atoms with Gasteiger partial charge in [-0.2, -0.15) is 0 Å². The summed E-state index contributed by atoms with van der Waals surface area (Å²) in [6, 6.07) is 0.151. The lowest BCUT2D eigenvalue weighted by atomic mass is 10.2. The van der Waals surface area contributed by atoms with Crippen LogP contribution in [0.25, 0.3) is 0 Å². The zero-order chi connectivity index (χ0) is 14.5. The van der Waals surface area contributed by atoms with Crippen LogP contribution in [0.3, 0.4) is 0 Å². The Morgan fingerprint density at radius 2 is 2.15 bits per heavy atom. The molecular formula is C14H28N4O2. The summed E-state index contributed by atoms with van der Waals surface area (Å²) in [4.78, 5) is 18.7. The molecule has 6 nitrogen and oxygen atoms in total. The molecule has 0 bridgehead atoms. The lowest BCUT2D eigenvalue weighted by Crippen LogP contribution is -2.46. The van der Waals surface area contributed by atoms with Gasteiger partial charge >= 0.3 is 0 Å². The van der Waals surface area contributed by atoms with Crippen LogP contribution in [0.1, 0.15) is 12.8 Å². The van der Waals surface area contributed by atoms with E-state index in [2.05, 4.69) is 15.1 Å². The van der Waals surface area contributed by atoms with E-state index in [1.54, 1.807) is 0 Å². The van der Waals surface area contributed by atoms with E-state index in [4.69, 9.17) is 0 Å². The van der Waals surface area contributed by atoms with Crippen LogP contribution in [0.4, 0.5) is 0 Å². The predicted molar refractivity (Wildman–Crippen MR) is 78.6 cm³/mol. The molecule has 0 spiro atoms. The molecule has 1 amide bonds. The molecule has 2 rings (SSSR count). The molecule has 2 atom stereocenters. The van der Waals surface area contributed by atoms with Gasteiger partial charge in [-0.25, -0.2) is 0 Å². The summed E-state index contributed by atoms with van der Waals surface area (Å²) in [6.45, 7) is 5.70. The standard InChI is InChI=1S/C14H28N4O2/c1-16(2)9-12-8-13(19)10-18(12)14(20)11-17-6-3-4-15-5-7-17/h12-13,15,19H,3-11H2,1-2H3. The van der Waals surface area contributed by atoms with Gasteiger partial charge in [0.25, 0.3) is 0 Å². The van der Waals surface area contributed by atoms with Crippen molar-refractivity contribution >= 4 is 5.91 Å². The first-order chi connectivity index (χ1) is 9.56. The van der Waals surface area contributed by atoms with E-state index in [9.17, 15) is 9.90 Å². The summed E-state index contributed by atoms with van der Waals surface area (Å²) < 4.78 is 0. The van der Waals surface area contributed by atoms with Crippen molar-refractivity contribution in [2.45, 2.75) is 25.0 Å². The van der Waals surface area contributed by atoms with Crippen LogP contribution in [0.5, 0.6) is 0 Å². The molecule has 0 aromatic carbocycles. The molecule has 20 heavy (non-hydrogen) atoms. The Balaban J connectivity index is 1.89. The monoisotopic (exact) mass is 284 g/mol. The average molecular weight is 284 g/mol. The predicted octanol–water partition coefficient (Wildman–Crippen LogP) is -1.19. The number of nitrogens with one attached hydrogen (secondary N) is 1. The molecule has 116 valence electrons. The van der Waals surface area contributed by atoms with Gasteiger partial charge < -0.3 is 20.2 Å². The van der Waals surface area contributed by atoms with Crippen LogP contribution in [-0.4, -0.2) is 97.8 Å². The van der Waals surface area contributed by atoms with E-state index in [0.29, 0.717) is 19.5 Å². The Labute approximate surface area is 121 Å². The van der Waals surface area contributed by atoms with Crippen molar-refractivity contribution < 1.29 is 9.90 Å². The molecule has 2 heterocycles. The van der Waals surface area contributed by atoms with Crippen LogP contribution >= 0.6 is 0 Å². The number of hydrogen-bond donors (Lipinski definition) is 2. The molecule has 6 heteroatoms. The summed E-state index contributed by atoms with van der Waals surface area (Å²) >= 11 is 0. The molecule has 0 aromatic rings. The SMILES string of the molecule is CN(C)CC1CC(O)CN1C(=O)CN1CCCNCC1. The summed E-state index contributed by atoms with van der Waals surface area (Å²) in [6.07, 6.45) is 1.43. The number of β-amino-alcohol motifs (C(OH)–C–C–N with tert-alkyl or cyclic N) is 1. The number of carbonyl (C=O) groups is 1. The van der Waals surface area contributed by atoms with Crippen molar-refractivity contribution in [1.82, 2.24) is 20.0 Å². The number of hydrogen-bond acceptors (Lipinski definition) is 5. The maximum atomic E-state index is 12.5. The number of likely N-dealkylation sites (N-methyl/N-ethyl adjacent to an activating group) is 1. The molecule has 0 aromatic heterocycles. The second kappa shape index (κ2) is 7.36. The van der Waals surface area contributed by atoms with Gasteiger partial charge in [-0.05, 0) is 40.0 Å². The first-order valence-electron chi connectivity index (χ1n) is 7.61. The highest BCUT2D eigenvalue weighted by Gasteiger charge is 2.34. The second-order valence-electron chi connectivity index (χ2n) is 6.23. The van der Waals surface area contributed by atoms with Gasteiger partial charge in [0.1, 0.15) is 0 Å². The van der Waals surface area contributed by atoms with Gasteiger partial charge in [0.15, 0.2) is 0 Å². The molecule has 0 saturated carbocycles. The highest BCUT2D eigenvalue weighted by molar-refractivity contribution is 5.79. The van der Waals surface area contributed by atoms with Gasteiger partial charge in [0.05, 0.1) is 12.6 Å². The quantitative estimate of drug-likeness (QED) is 0.679. The Kier molecular flexibility index (Phi) is 5.77. The first-order valence-corrected chi connectivity index (χ1v) is 7.61. The smallest absolute Gasteiger partial charge is 0.237 e. The molecule has 2 fully saturated rings. The van der Waals surface area contributed by atoms with Gasteiger partial charge in [-0.1, -0.05) is 0 Å². The number of nitrogens with zero attached hydrogens (tertiary/aromatic N) is 3. The fraction of sp³-hybridized carbons (Fsp3) is 0.929. The summed E-state index contributed by atoms with van der Waals surface area (Å²) in [5.74, 6) is 0.162. The van der Waals surface area contributed by atoms with Crippen molar-refractivity contribution in [2.24, 2.45) is 0 Å². The van der Waals surface area contributed by atoms with Crippen LogP contribution in [-0.2, 0) is 4.79 Å². The van der Waals surface area contributed by atoms with Gasteiger partial charge in [0.2, 0.25) is 5.91 Å². The van der Waals surface area contributed by atoms with Crippen LogP contribution in [0, 0.1) is 0 Å². The third kappa shape index (κ3) is 4.41. The van der Waals surface area contributed by atoms with Crippen molar-refractivity contribution in [3.63, 3.8) is 0 Å². The second-order valence-corrected chi connectivity index (χ2v) is 6.23. The zero-order valence-electron chi connectivity index (χ0n) is 12.7. The van der Waals surface area contributed by atoms with Crippen molar-refractivity contribution in [3.8, 4) is 0 Å². The lowest BCUT2D eigenvalue weighted by molar-refractivity contribution is -0.133. The zero-order valence-corrected chi connectivity index (χ0v) is 12.7. The average Bonchev–Trinajstić information content (AvgIpc) is 2.59. The highest BCUT2D eigenvalue weighted by Crippen LogP contribution is 2.19. The minimum absolute atomic E-state index is 0.151. The minimum atomic E-state index is -0.366. The first kappa shape index (κ1) is 15.7. The Bertz CT molecular complexity index is 316. The van der Waals surface area contributed by atoms with E-state index >= 15 is 0 Å². The number of likely N-dealkylation sites (tertiary alicyclic amines) is 1. The van der Waals surface area contributed by atoms with Crippen molar-refractivity contribution in [1.29, 1.82) is 0 Å². The number of amides is 1. The molecular weight excluding hydrogens is 256 g/mol. The molecule has 2 aliphatic rings. The van der Waals surface area contributed by atoms with Crippen molar-refractivity contribution in [3.05, 3.63) is 0 Å². The molecule has 2 saturated heterocycles. The Morgan fingerprint density at radius 1 is 1.35 bits per heavy atom. The van der Waals surface area contributed by atoms with E-state index in [-0.39, 0.29) is 18.1 Å². The molecule has 2 aliphatic heterocycles. The molecule has 0 radical (unpaired) electrons. The number of rotatable bonds is 4. The van der Waals surface area contributed by atoms with Crippen LogP contribution in [0.15, 0.2) is 0 Å². The van der Waals surface area contributed by atoms with E-state index in [1.807, 2.05) is 19.0 Å². The summed E-state index contributed by atoms with van der Waals surface area (Å²) in [5.41, 5.74) is 0. The fourth-order valence-electron chi connectivity index (χ4n) is 3.13. The third-order valence-corrected chi connectivity index (χ3v) is 4.08. The minimum Gasteiger partial charge on any atom is -0.391 e. The van der Waals surface area contributed by atoms with Gasteiger partial charge in [-0.15, -0.1) is 0 Å². The van der Waals surface area contributed by atoms with Gasteiger partial charge in [0, 0.05) is 32.2 Å². The molecule has 2 N–H and O–H groups in total. The highest BCUT2D eigenvalue weighted by atomic mass is 16.3.